The Labute approximate surface area is 119 Å². The smallest absolute Gasteiger partial charge is 0.228 e. The Morgan fingerprint density at radius 2 is 1.60 bits per heavy atom. The van der Waals surface area contributed by atoms with Crippen molar-refractivity contribution in [3.05, 3.63) is 71.8 Å². The fourth-order valence-electron chi connectivity index (χ4n) is 2.43. The maximum atomic E-state index is 12.5. The summed E-state index contributed by atoms with van der Waals surface area (Å²) in [6.07, 6.45) is 3.00. The average molecular weight is 265 g/mol. The van der Waals surface area contributed by atoms with Gasteiger partial charge in [-0.1, -0.05) is 60.7 Å². The molecule has 0 spiro atoms. The van der Waals surface area contributed by atoms with E-state index in [9.17, 15) is 4.79 Å². The van der Waals surface area contributed by atoms with Crippen LogP contribution in [0.15, 0.2) is 60.7 Å². The molecule has 102 valence electrons. The maximum absolute atomic E-state index is 12.5. The molecule has 1 N–H and O–H groups in total. The molecule has 1 saturated carbocycles. The second-order valence-electron chi connectivity index (χ2n) is 5.44. The molecule has 0 bridgehead atoms. The molecule has 0 aromatic heterocycles. The lowest BCUT2D eigenvalue weighted by atomic mass is 9.91. The van der Waals surface area contributed by atoms with Crippen molar-refractivity contribution in [2.24, 2.45) is 0 Å². The lowest BCUT2D eigenvalue weighted by molar-refractivity contribution is -0.122. The summed E-state index contributed by atoms with van der Waals surface area (Å²) < 4.78 is 0. The third kappa shape index (κ3) is 3.27. The Kier molecular flexibility index (Phi) is 3.82. The van der Waals surface area contributed by atoms with Gasteiger partial charge in [0.15, 0.2) is 0 Å². The molecule has 0 radical (unpaired) electrons. The lowest BCUT2D eigenvalue weighted by Crippen LogP contribution is -2.32. The van der Waals surface area contributed by atoms with Gasteiger partial charge in [-0.2, -0.15) is 0 Å². The Balaban J connectivity index is 1.81. The van der Waals surface area contributed by atoms with Crippen molar-refractivity contribution in [1.29, 1.82) is 0 Å². The lowest BCUT2D eigenvalue weighted by Gasteiger charge is -2.17. The Morgan fingerprint density at radius 1 is 1.00 bits per heavy atom. The molecule has 3 rings (SSSR count). The van der Waals surface area contributed by atoms with E-state index >= 15 is 0 Å². The second kappa shape index (κ2) is 5.91. The van der Waals surface area contributed by atoms with Gasteiger partial charge in [-0.15, -0.1) is 0 Å². The highest BCUT2D eigenvalue weighted by Crippen LogP contribution is 2.24. The van der Waals surface area contributed by atoms with Crippen LogP contribution in [0.4, 0.5) is 0 Å². The largest absolute Gasteiger partial charge is 0.353 e. The number of amides is 1. The first-order valence-corrected chi connectivity index (χ1v) is 7.22. The first-order chi connectivity index (χ1) is 9.83. The van der Waals surface area contributed by atoms with Gasteiger partial charge in [0.2, 0.25) is 5.91 Å². The van der Waals surface area contributed by atoms with Crippen LogP contribution in [-0.2, 0) is 11.2 Å². The third-order valence-electron chi connectivity index (χ3n) is 3.72. The van der Waals surface area contributed by atoms with Gasteiger partial charge in [0.1, 0.15) is 0 Å². The van der Waals surface area contributed by atoms with Crippen molar-refractivity contribution in [2.75, 3.05) is 0 Å². The quantitative estimate of drug-likeness (QED) is 0.883. The molecule has 2 aromatic carbocycles. The van der Waals surface area contributed by atoms with E-state index in [1.54, 1.807) is 0 Å². The minimum absolute atomic E-state index is 0.0980. The van der Waals surface area contributed by atoms with Gasteiger partial charge < -0.3 is 5.32 Å². The monoisotopic (exact) mass is 265 g/mol. The van der Waals surface area contributed by atoms with Crippen molar-refractivity contribution in [3.8, 4) is 0 Å². The van der Waals surface area contributed by atoms with E-state index in [0.717, 1.165) is 24.8 Å². The second-order valence-corrected chi connectivity index (χ2v) is 5.44. The average Bonchev–Trinajstić information content (AvgIpc) is 3.30. The number of carbonyl (C=O) groups excluding carboxylic acids is 1. The van der Waals surface area contributed by atoms with E-state index in [1.165, 1.54) is 5.56 Å². The zero-order valence-corrected chi connectivity index (χ0v) is 11.5. The summed E-state index contributed by atoms with van der Waals surface area (Å²) in [5.74, 6) is 0.0572. The molecule has 1 aliphatic rings. The molecule has 0 aliphatic heterocycles. The zero-order chi connectivity index (χ0) is 13.8. The fraction of sp³-hybridized carbons (Fsp3) is 0.278. The fourth-order valence-corrected chi connectivity index (χ4v) is 2.43. The highest BCUT2D eigenvalue weighted by atomic mass is 16.2. The minimum Gasteiger partial charge on any atom is -0.353 e. The van der Waals surface area contributed by atoms with Crippen molar-refractivity contribution >= 4 is 5.91 Å². The summed E-state index contributed by atoms with van der Waals surface area (Å²) in [5.41, 5.74) is 2.29. The van der Waals surface area contributed by atoms with Crippen LogP contribution in [0.5, 0.6) is 0 Å². The van der Waals surface area contributed by atoms with Crippen molar-refractivity contribution in [2.45, 2.75) is 31.2 Å². The number of benzene rings is 2. The van der Waals surface area contributed by atoms with E-state index < -0.39 is 0 Å². The van der Waals surface area contributed by atoms with Crippen LogP contribution in [0.1, 0.15) is 29.9 Å². The minimum atomic E-state index is -0.0980. The van der Waals surface area contributed by atoms with Gasteiger partial charge in [0.25, 0.3) is 0 Å². The molecule has 1 aliphatic carbocycles. The predicted octanol–water partition coefficient (Wildman–Crippen LogP) is 3.29. The standard InChI is InChI=1S/C18H19NO/c20-18(19-16-11-12-16)17(15-9-5-2-6-10-15)13-14-7-3-1-4-8-14/h1-10,16-17H,11-13H2,(H,19,20)/t17-/m0/s1. The predicted molar refractivity (Wildman–Crippen MR) is 80.5 cm³/mol. The van der Waals surface area contributed by atoms with E-state index in [1.807, 2.05) is 48.5 Å². The van der Waals surface area contributed by atoms with Gasteiger partial charge in [-0.05, 0) is 30.4 Å². The van der Waals surface area contributed by atoms with Crippen LogP contribution in [0.2, 0.25) is 0 Å². The van der Waals surface area contributed by atoms with Crippen LogP contribution in [0.3, 0.4) is 0 Å². The van der Waals surface area contributed by atoms with E-state index in [-0.39, 0.29) is 11.8 Å². The summed E-state index contributed by atoms with van der Waals surface area (Å²) >= 11 is 0. The van der Waals surface area contributed by atoms with Crippen LogP contribution < -0.4 is 5.32 Å². The summed E-state index contributed by atoms with van der Waals surface area (Å²) in [6.45, 7) is 0. The molecule has 0 saturated heterocycles. The highest BCUT2D eigenvalue weighted by Gasteiger charge is 2.28. The van der Waals surface area contributed by atoms with Gasteiger partial charge in [0.05, 0.1) is 5.92 Å². The number of rotatable bonds is 5. The van der Waals surface area contributed by atoms with Gasteiger partial charge in [-0.3, -0.25) is 4.79 Å². The number of nitrogens with one attached hydrogen (secondary N) is 1. The van der Waals surface area contributed by atoms with Crippen LogP contribution >= 0.6 is 0 Å². The maximum Gasteiger partial charge on any atom is 0.228 e. The molecule has 20 heavy (non-hydrogen) atoms. The summed E-state index contributed by atoms with van der Waals surface area (Å²) in [5, 5.41) is 3.13. The van der Waals surface area contributed by atoms with Crippen molar-refractivity contribution in [3.63, 3.8) is 0 Å². The van der Waals surface area contributed by atoms with Crippen LogP contribution in [-0.4, -0.2) is 11.9 Å². The van der Waals surface area contributed by atoms with Crippen LogP contribution in [0, 0.1) is 0 Å². The number of hydrogen-bond acceptors (Lipinski definition) is 1. The van der Waals surface area contributed by atoms with Gasteiger partial charge in [-0.25, -0.2) is 0 Å². The Morgan fingerprint density at radius 3 is 2.20 bits per heavy atom. The van der Waals surface area contributed by atoms with Crippen LogP contribution in [0.25, 0.3) is 0 Å². The zero-order valence-electron chi connectivity index (χ0n) is 11.5. The van der Waals surface area contributed by atoms with Gasteiger partial charge >= 0.3 is 0 Å². The Hall–Kier alpha value is -2.09. The molecule has 0 unspecified atom stereocenters. The third-order valence-corrected chi connectivity index (χ3v) is 3.72. The summed E-state index contributed by atoms with van der Waals surface area (Å²) in [4.78, 5) is 12.5. The highest BCUT2D eigenvalue weighted by molar-refractivity contribution is 5.84. The first-order valence-electron chi connectivity index (χ1n) is 7.22. The normalized spacial score (nSPS) is 15.6. The molecular weight excluding hydrogens is 246 g/mol. The van der Waals surface area contributed by atoms with E-state index in [4.69, 9.17) is 0 Å². The molecule has 2 heteroatoms. The summed E-state index contributed by atoms with van der Waals surface area (Å²) in [6, 6.07) is 20.7. The van der Waals surface area contributed by atoms with E-state index in [0.29, 0.717) is 6.04 Å². The molecule has 1 atom stereocenters. The molecule has 0 heterocycles. The first kappa shape index (κ1) is 12.9. The molecular formula is C18H19NO. The van der Waals surface area contributed by atoms with Crippen molar-refractivity contribution in [1.82, 2.24) is 5.32 Å². The summed E-state index contributed by atoms with van der Waals surface area (Å²) in [7, 11) is 0. The molecule has 2 nitrogen and oxygen atoms in total. The molecule has 1 amide bonds. The molecule has 1 fully saturated rings. The number of hydrogen-bond donors (Lipinski definition) is 1. The van der Waals surface area contributed by atoms with Crippen molar-refractivity contribution < 1.29 is 4.79 Å². The Bertz CT molecular complexity index is 560. The topological polar surface area (TPSA) is 29.1 Å². The number of carbonyl (C=O) groups is 1. The molecule has 2 aromatic rings. The SMILES string of the molecule is O=C(NC1CC1)[C@@H](Cc1ccccc1)c1ccccc1. The van der Waals surface area contributed by atoms with Gasteiger partial charge in [0, 0.05) is 6.04 Å². The van der Waals surface area contributed by atoms with E-state index in [2.05, 4.69) is 17.4 Å².